The minimum atomic E-state index is -0.149. The number of anilines is 1. The fourth-order valence-electron chi connectivity index (χ4n) is 5.77. The normalized spacial score (nSPS) is 14.4. The van der Waals surface area contributed by atoms with Crippen molar-refractivity contribution in [2.45, 2.75) is 31.7 Å². The van der Waals surface area contributed by atoms with Crippen molar-refractivity contribution >= 4 is 45.8 Å². The lowest BCUT2D eigenvalue weighted by molar-refractivity contribution is 0.102. The van der Waals surface area contributed by atoms with Crippen LogP contribution in [-0.4, -0.2) is 40.0 Å². The molecule has 0 spiro atoms. The summed E-state index contributed by atoms with van der Waals surface area (Å²) >= 11 is 12.2. The van der Waals surface area contributed by atoms with Crippen LogP contribution in [0.2, 0.25) is 10.0 Å². The van der Waals surface area contributed by atoms with Crippen LogP contribution in [0.4, 0.5) is 5.69 Å². The van der Waals surface area contributed by atoms with Crippen molar-refractivity contribution in [3.8, 4) is 11.4 Å². The van der Waals surface area contributed by atoms with Crippen LogP contribution in [0.3, 0.4) is 0 Å². The Hall–Kier alpha value is -3.64. The first-order valence-corrected chi connectivity index (χ1v) is 14.9. The maximum absolute atomic E-state index is 12.7. The lowest BCUT2D eigenvalue weighted by Gasteiger charge is -2.32. The van der Waals surface area contributed by atoms with E-state index in [1.165, 1.54) is 11.1 Å². The number of carbonyl (C=O) groups excluding carboxylic acids is 1. The Morgan fingerprint density at radius 2 is 1.61 bits per heavy atom. The first-order valence-electron chi connectivity index (χ1n) is 14.1. The number of nitrogens with zero attached hydrogens (tertiary/aromatic N) is 3. The minimum absolute atomic E-state index is 0.149. The van der Waals surface area contributed by atoms with Gasteiger partial charge in [0, 0.05) is 33.4 Å². The molecule has 1 amide bonds. The standard InChI is InChI=1S/C34H32Cl2N4O/c35-28-14-12-25(13-15-28)33-38-31-10-1-2-11-32(31)40(33)19-5-18-39-20-16-24(17-21-39)26-6-4-9-30(23-26)37-34(41)27-7-3-8-29(36)22-27/h1-4,6-15,22-24H,5,16-21H2,(H,37,41). The van der Waals surface area contributed by atoms with Gasteiger partial charge in [-0.3, -0.25) is 4.79 Å². The molecule has 1 aromatic heterocycles. The van der Waals surface area contributed by atoms with E-state index >= 15 is 0 Å². The number of para-hydroxylation sites is 2. The number of likely N-dealkylation sites (tertiary alicyclic amines) is 1. The largest absolute Gasteiger partial charge is 0.324 e. The highest BCUT2D eigenvalue weighted by molar-refractivity contribution is 6.31. The van der Waals surface area contributed by atoms with E-state index < -0.39 is 0 Å². The Labute approximate surface area is 250 Å². The number of imidazole rings is 1. The van der Waals surface area contributed by atoms with Crippen molar-refractivity contribution in [1.29, 1.82) is 0 Å². The number of carbonyl (C=O) groups is 1. The fourth-order valence-corrected chi connectivity index (χ4v) is 6.08. The highest BCUT2D eigenvalue weighted by Gasteiger charge is 2.21. The number of hydrogen-bond acceptors (Lipinski definition) is 3. The molecule has 0 unspecified atom stereocenters. The van der Waals surface area contributed by atoms with E-state index in [0.717, 1.165) is 73.1 Å². The summed E-state index contributed by atoms with van der Waals surface area (Å²) in [5, 5.41) is 4.31. The number of fused-ring (bicyclic) bond motifs is 1. The van der Waals surface area contributed by atoms with Crippen LogP contribution in [0.15, 0.2) is 97.1 Å². The molecule has 1 aliphatic heterocycles. The highest BCUT2D eigenvalue weighted by Crippen LogP contribution is 2.30. The van der Waals surface area contributed by atoms with Crippen molar-refractivity contribution in [1.82, 2.24) is 14.5 Å². The van der Waals surface area contributed by atoms with E-state index in [9.17, 15) is 4.79 Å². The number of aryl methyl sites for hydroxylation is 1. The number of amides is 1. The number of piperidine rings is 1. The van der Waals surface area contributed by atoms with E-state index in [1.807, 2.05) is 42.5 Å². The molecule has 6 rings (SSSR count). The minimum Gasteiger partial charge on any atom is -0.324 e. The van der Waals surface area contributed by atoms with Gasteiger partial charge in [0.1, 0.15) is 5.82 Å². The third kappa shape index (κ3) is 6.48. The molecule has 1 N–H and O–H groups in total. The summed E-state index contributed by atoms with van der Waals surface area (Å²) in [4.78, 5) is 20.2. The third-order valence-electron chi connectivity index (χ3n) is 7.90. The molecule has 0 saturated carbocycles. The SMILES string of the molecule is O=C(Nc1cccc(C2CCN(CCCn3c(-c4ccc(Cl)cc4)nc4ccccc43)CC2)c1)c1cccc(Cl)c1. The molecule has 4 aromatic carbocycles. The van der Waals surface area contributed by atoms with Crippen LogP contribution in [0.25, 0.3) is 22.4 Å². The molecule has 0 bridgehead atoms. The predicted molar refractivity (Wildman–Crippen MR) is 169 cm³/mol. The number of halogens is 2. The van der Waals surface area contributed by atoms with Crippen LogP contribution in [-0.2, 0) is 6.54 Å². The Kier molecular flexibility index (Phi) is 8.38. The zero-order chi connectivity index (χ0) is 28.2. The smallest absolute Gasteiger partial charge is 0.255 e. The second kappa shape index (κ2) is 12.5. The van der Waals surface area contributed by atoms with E-state index in [-0.39, 0.29) is 5.91 Å². The molecule has 2 heterocycles. The quantitative estimate of drug-likeness (QED) is 0.199. The molecule has 7 heteroatoms. The summed E-state index contributed by atoms with van der Waals surface area (Å²) in [6, 6.07) is 31.6. The number of rotatable bonds is 8. The average molecular weight is 584 g/mol. The summed E-state index contributed by atoms with van der Waals surface area (Å²) in [6.07, 6.45) is 3.27. The number of benzene rings is 4. The summed E-state index contributed by atoms with van der Waals surface area (Å²) in [7, 11) is 0. The van der Waals surface area contributed by atoms with Gasteiger partial charge in [0.2, 0.25) is 0 Å². The van der Waals surface area contributed by atoms with E-state index in [1.54, 1.807) is 24.3 Å². The fraction of sp³-hybridized carbons (Fsp3) is 0.235. The Morgan fingerprint density at radius 1 is 0.829 bits per heavy atom. The zero-order valence-corrected chi connectivity index (χ0v) is 24.3. The first kappa shape index (κ1) is 27.5. The van der Waals surface area contributed by atoms with E-state index in [2.05, 4.69) is 45.1 Å². The summed E-state index contributed by atoms with van der Waals surface area (Å²) in [5.74, 6) is 1.33. The third-order valence-corrected chi connectivity index (χ3v) is 8.39. The number of aromatic nitrogens is 2. The van der Waals surface area contributed by atoms with Crippen molar-refractivity contribution in [2.75, 3.05) is 25.0 Å². The molecule has 5 aromatic rings. The monoisotopic (exact) mass is 582 g/mol. The topological polar surface area (TPSA) is 50.2 Å². The summed E-state index contributed by atoms with van der Waals surface area (Å²) < 4.78 is 2.34. The zero-order valence-electron chi connectivity index (χ0n) is 22.8. The molecule has 0 atom stereocenters. The van der Waals surface area contributed by atoms with Crippen molar-refractivity contribution in [3.63, 3.8) is 0 Å². The van der Waals surface area contributed by atoms with Crippen LogP contribution < -0.4 is 5.32 Å². The highest BCUT2D eigenvalue weighted by atomic mass is 35.5. The maximum atomic E-state index is 12.7. The molecular weight excluding hydrogens is 551 g/mol. The van der Waals surface area contributed by atoms with E-state index in [4.69, 9.17) is 28.2 Å². The molecule has 0 radical (unpaired) electrons. The Bertz CT molecular complexity index is 1660. The second-order valence-electron chi connectivity index (χ2n) is 10.6. The van der Waals surface area contributed by atoms with Gasteiger partial charge in [-0.25, -0.2) is 4.98 Å². The molecule has 1 fully saturated rings. The predicted octanol–water partition coefficient (Wildman–Crippen LogP) is 8.53. The lowest BCUT2D eigenvalue weighted by atomic mass is 9.89. The van der Waals surface area contributed by atoms with Gasteiger partial charge in [-0.05, 0) is 117 Å². The summed E-state index contributed by atoms with van der Waals surface area (Å²) in [6.45, 7) is 4.10. The number of hydrogen-bond donors (Lipinski definition) is 1. The molecule has 1 aliphatic rings. The van der Waals surface area contributed by atoms with Crippen molar-refractivity contribution < 1.29 is 4.79 Å². The molecule has 0 aliphatic carbocycles. The van der Waals surface area contributed by atoms with Gasteiger partial charge in [-0.1, -0.05) is 53.5 Å². The maximum Gasteiger partial charge on any atom is 0.255 e. The van der Waals surface area contributed by atoms with Crippen LogP contribution >= 0.6 is 23.2 Å². The van der Waals surface area contributed by atoms with Crippen molar-refractivity contribution in [3.05, 3.63) is 118 Å². The van der Waals surface area contributed by atoms with Gasteiger partial charge in [0.15, 0.2) is 0 Å². The average Bonchev–Trinajstić information content (AvgIpc) is 3.36. The molecular formula is C34H32Cl2N4O. The first-order chi connectivity index (χ1) is 20.0. The molecule has 208 valence electrons. The Morgan fingerprint density at radius 3 is 2.41 bits per heavy atom. The summed E-state index contributed by atoms with van der Waals surface area (Å²) in [5.41, 5.74) is 5.92. The van der Waals surface area contributed by atoms with Crippen molar-refractivity contribution in [2.24, 2.45) is 0 Å². The van der Waals surface area contributed by atoms with E-state index in [0.29, 0.717) is 16.5 Å². The van der Waals surface area contributed by atoms with Gasteiger partial charge in [0.05, 0.1) is 11.0 Å². The lowest BCUT2D eigenvalue weighted by Crippen LogP contribution is -2.34. The van der Waals surface area contributed by atoms with Crippen LogP contribution in [0.1, 0.15) is 41.1 Å². The number of nitrogens with one attached hydrogen (secondary N) is 1. The molecule has 1 saturated heterocycles. The second-order valence-corrected chi connectivity index (χ2v) is 11.5. The van der Waals surface area contributed by atoms with Gasteiger partial charge in [-0.15, -0.1) is 0 Å². The molecule has 5 nitrogen and oxygen atoms in total. The Balaban J connectivity index is 1.05. The van der Waals surface area contributed by atoms with Gasteiger partial charge in [-0.2, -0.15) is 0 Å². The van der Waals surface area contributed by atoms with Gasteiger partial charge < -0.3 is 14.8 Å². The van der Waals surface area contributed by atoms with Gasteiger partial charge >= 0.3 is 0 Å². The van der Waals surface area contributed by atoms with Crippen LogP contribution in [0, 0.1) is 0 Å². The van der Waals surface area contributed by atoms with Gasteiger partial charge in [0.25, 0.3) is 5.91 Å². The van der Waals surface area contributed by atoms with Crippen LogP contribution in [0.5, 0.6) is 0 Å². The molecule has 41 heavy (non-hydrogen) atoms.